The Morgan fingerprint density at radius 3 is 2.29 bits per heavy atom. The second-order valence-corrected chi connectivity index (χ2v) is 4.21. The van der Waals surface area contributed by atoms with Gasteiger partial charge in [0, 0.05) is 18.8 Å². The number of carbonyl (C=O) groups is 2. The molecule has 7 heteroatoms. The molecule has 2 amide bonds. The molecule has 0 aliphatic carbocycles. The number of morpholine rings is 1. The smallest absolute Gasteiger partial charge is 0.264 e. The highest BCUT2D eigenvalue weighted by Gasteiger charge is 2.30. The predicted octanol–water partition coefficient (Wildman–Crippen LogP) is -0.877. The van der Waals surface area contributed by atoms with E-state index in [1.807, 2.05) is 4.90 Å². The van der Waals surface area contributed by atoms with E-state index in [4.69, 9.17) is 17.0 Å². The second kappa shape index (κ2) is 4.80. The minimum absolute atomic E-state index is 0.0542. The van der Waals surface area contributed by atoms with E-state index in [-0.39, 0.29) is 10.7 Å². The summed E-state index contributed by atoms with van der Waals surface area (Å²) in [7, 11) is 0. The molecule has 0 atom stereocenters. The number of carbonyl (C=O) groups excluding carboxylic acids is 2. The highest BCUT2D eigenvalue weighted by molar-refractivity contribution is 7.80. The molecule has 6 nitrogen and oxygen atoms in total. The van der Waals surface area contributed by atoms with Gasteiger partial charge in [-0.1, -0.05) is 0 Å². The molecule has 0 radical (unpaired) electrons. The van der Waals surface area contributed by atoms with Crippen LogP contribution < -0.4 is 10.6 Å². The number of amides is 2. The van der Waals surface area contributed by atoms with Crippen molar-refractivity contribution in [2.45, 2.75) is 6.92 Å². The lowest BCUT2D eigenvalue weighted by atomic mass is 10.1. The average Bonchev–Trinajstić information content (AvgIpc) is 2.28. The maximum Gasteiger partial charge on any atom is 0.264 e. The molecule has 0 unspecified atom stereocenters. The van der Waals surface area contributed by atoms with Gasteiger partial charge in [-0.3, -0.25) is 20.2 Å². The Hall–Kier alpha value is -1.47. The van der Waals surface area contributed by atoms with Crippen molar-refractivity contribution in [3.8, 4) is 0 Å². The first-order chi connectivity index (χ1) is 8.09. The maximum atomic E-state index is 11.7. The number of allylic oxidation sites excluding steroid dienone is 1. The molecule has 2 saturated heterocycles. The van der Waals surface area contributed by atoms with E-state index < -0.39 is 11.8 Å². The van der Waals surface area contributed by atoms with Gasteiger partial charge in [-0.2, -0.15) is 0 Å². The normalized spacial score (nSPS) is 21.1. The van der Waals surface area contributed by atoms with Gasteiger partial charge in [0.15, 0.2) is 5.11 Å². The SMILES string of the molecule is CC(=C1C(=O)NC(=S)NC1=O)N1CCOCC1. The molecule has 2 fully saturated rings. The highest BCUT2D eigenvalue weighted by atomic mass is 32.1. The summed E-state index contributed by atoms with van der Waals surface area (Å²) in [5.41, 5.74) is 0.784. The lowest BCUT2D eigenvalue weighted by Gasteiger charge is -2.31. The molecule has 92 valence electrons. The van der Waals surface area contributed by atoms with E-state index in [0.29, 0.717) is 32.0 Å². The topological polar surface area (TPSA) is 70.7 Å². The van der Waals surface area contributed by atoms with Crippen LogP contribution in [-0.2, 0) is 14.3 Å². The molecule has 2 aliphatic rings. The summed E-state index contributed by atoms with van der Waals surface area (Å²) in [5.74, 6) is -0.884. The van der Waals surface area contributed by atoms with E-state index in [1.165, 1.54) is 0 Å². The van der Waals surface area contributed by atoms with Gasteiger partial charge < -0.3 is 9.64 Å². The third-order valence-corrected chi connectivity index (χ3v) is 2.96. The summed E-state index contributed by atoms with van der Waals surface area (Å²) < 4.78 is 5.22. The maximum absolute atomic E-state index is 11.7. The van der Waals surface area contributed by atoms with Gasteiger partial charge in [0.1, 0.15) is 5.57 Å². The van der Waals surface area contributed by atoms with Crippen LogP contribution in [0.1, 0.15) is 6.92 Å². The lowest BCUT2D eigenvalue weighted by molar-refractivity contribution is -0.123. The minimum Gasteiger partial charge on any atom is -0.378 e. The van der Waals surface area contributed by atoms with Crippen LogP contribution in [-0.4, -0.2) is 48.1 Å². The van der Waals surface area contributed by atoms with Gasteiger partial charge >= 0.3 is 0 Å². The van der Waals surface area contributed by atoms with Crippen LogP contribution in [0.15, 0.2) is 11.3 Å². The van der Waals surface area contributed by atoms with E-state index in [9.17, 15) is 9.59 Å². The van der Waals surface area contributed by atoms with Gasteiger partial charge in [0.05, 0.1) is 13.2 Å². The quantitative estimate of drug-likeness (QED) is 0.362. The average molecular weight is 255 g/mol. The van der Waals surface area contributed by atoms with E-state index >= 15 is 0 Å². The molecule has 2 rings (SSSR count). The van der Waals surface area contributed by atoms with Crippen LogP contribution >= 0.6 is 12.2 Å². The third kappa shape index (κ3) is 2.45. The fourth-order valence-electron chi connectivity index (χ4n) is 1.85. The Morgan fingerprint density at radius 2 is 1.76 bits per heavy atom. The van der Waals surface area contributed by atoms with E-state index in [0.717, 1.165) is 0 Å². The largest absolute Gasteiger partial charge is 0.378 e. The van der Waals surface area contributed by atoms with Gasteiger partial charge in [0.2, 0.25) is 0 Å². The molecule has 0 bridgehead atoms. The van der Waals surface area contributed by atoms with Gasteiger partial charge in [-0.05, 0) is 19.1 Å². The Bertz CT molecular complexity index is 391. The first-order valence-corrected chi connectivity index (χ1v) is 5.70. The number of thiocarbonyl (C=S) groups is 1. The third-order valence-electron chi connectivity index (χ3n) is 2.76. The summed E-state index contributed by atoms with van der Waals surface area (Å²) in [6.45, 7) is 4.33. The summed E-state index contributed by atoms with van der Waals surface area (Å²) >= 11 is 4.74. The zero-order valence-corrected chi connectivity index (χ0v) is 10.2. The van der Waals surface area contributed by atoms with Crippen molar-refractivity contribution in [1.29, 1.82) is 0 Å². The Morgan fingerprint density at radius 1 is 1.24 bits per heavy atom. The van der Waals surface area contributed by atoms with Crippen LogP contribution in [0.3, 0.4) is 0 Å². The van der Waals surface area contributed by atoms with Crippen molar-refractivity contribution in [2.75, 3.05) is 26.3 Å². The Kier molecular flexibility index (Phi) is 3.39. The molecule has 0 aromatic carbocycles. The minimum atomic E-state index is -0.442. The van der Waals surface area contributed by atoms with Gasteiger partial charge in [-0.15, -0.1) is 0 Å². The van der Waals surface area contributed by atoms with Crippen molar-refractivity contribution >= 4 is 29.1 Å². The Labute approximate surface area is 104 Å². The fourth-order valence-corrected chi connectivity index (χ4v) is 2.04. The van der Waals surface area contributed by atoms with Crippen LogP contribution in [0.2, 0.25) is 0 Å². The number of rotatable bonds is 1. The molecule has 0 saturated carbocycles. The summed E-state index contributed by atoms with van der Waals surface area (Å²) in [6.07, 6.45) is 0. The monoisotopic (exact) mass is 255 g/mol. The first kappa shape index (κ1) is 12.0. The van der Waals surface area contributed by atoms with Crippen LogP contribution in [0, 0.1) is 0 Å². The standard InChI is InChI=1S/C10H13N3O3S/c1-6(13-2-4-16-5-3-13)7-8(14)11-10(17)12-9(7)15/h2-5H2,1H3,(H2,11,12,14,15,17). The summed E-state index contributed by atoms with van der Waals surface area (Å²) in [5, 5.41) is 4.90. The molecule has 2 heterocycles. The van der Waals surface area contributed by atoms with Crippen molar-refractivity contribution in [1.82, 2.24) is 15.5 Å². The number of ether oxygens (including phenoxy) is 1. The number of hydrogen-bond acceptors (Lipinski definition) is 5. The highest BCUT2D eigenvalue weighted by Crippen LogP contribution is 2.14. The van der Waals surface area contributed by atoms with Crippen molar-refractivity contribution in [2.24, 2.45) is 0 Å². The summed E-state index contributed by atoms with van der Waals surface area (Å²) in [4.78, 5) is 25.4. The summed E-state index contributed by atoms with van der Waals surface area (Å²) in [6, 6.07) is 0. The molecule has 0 aromatic heterocycles. The first-order valence-electron chi connectivity index (χ1n) is 5.30. The molecule has 0 spiro atoms. The number of nitrogens with one attached hydrogen (secondary N) is 2. The van der Waals surface area contributed by atoms with E-state index in [2.05, 4.69) is 10.6 Å². The van der Waals surface area contributed by atoms with E-state index in [1.54, 1.807) is 6.92 Å². The van der Waals surface area contributed by atoms with Crippen molar-refractivity contribution in [3.63, 3.8) is 0 Å². The molecule has 0 aromatic rings. The zero-order chi connectivity index (χ0) is 12.4. The van der Waals surface area contributed by atoms with Crippen LogP contribution in [0.25, 0.3) is 0 Å². The van der Waals surface area contributed by atoms with Gasteiger partial charge in [-0.25, -0.2) is 0 Å². The number of nitrogens with zero attached hydrogens (tertiary/aromatic N) is 1. The molecule has 2 aliphatic heterocycles. The molecule has 2 N–H and O–H groups in total. The van der Waals surface area contributed by atoms with Crippen molar-refractivity contribution < 1.29 is 14.3 Å². The second-order valence-electron chi connectivity index (χ2n) is 3.80. The zero-order valence-electron chi connectivity index (χ0n) is 9.41. The molecular weight excluding hydrogens is 242 g/mol. The fraction of sp³-hybridized carbons (Fsp3) is 0.500. The predicted molar refractivity (Wildman–Crippen MR) is 64.0 cm³/mol. The lowest BCUT2D eigenvalue weighted by Crippen LogP contribution is -2.52. The number of hydrogen-bond donors (Lipinski definition) is 2. The Balaban J connectivity index is 2.25. The van der Waals surface area contributed by atoms with Crippen LogP contribution in [0.4, 0.5) is 0 Å². The van der Waals surface area contributed by atoms with Crippen molar-refractivity contribution in [3.05, 3.63) is 11.3 Å². The van der Waals surface area contributed by atoms with Gasteiger partial charge in [0.25, 0.3) is 11.8 Å². The van der Waals surface area contributed by atoms with Crippen LogP contribution in [0.5, 0.6) is 0 Å². The molecular formula is C10H13N3O3S. The molecule has 17 heavy (non-hydrogen) atoms.